The normalized spacial score (nSPS) is 17.9. The summed E-state index contributed by atoms with van der Waals surface area (Å²) in [6.07, 6.45) is 9.48. The summed E-state index contributed by atoms with van der Waals surface area (Å²) in [5.41, 5.74) is 2.96. The minimum absolute atomic E-state index is 0.0350. The first kappa shape index (κ1) is 25.2. The van der Waals surface area contributed by atoms with E-state index >= 15 is 0 Å². The summed E-state index contributed by atoms with van der Waals surface area (Å²) in [5.74, 6) is 0.507. The molecule has 0 aliphatic heterocycles. The van der Waals surface area contributed by atoms with Gasteiger partial charge in [0.2, 0.25) is 5.91 Å². The SMILES string of the molecule is CCOC(=O)c1cn(-c2ccc(-c3cn4ccsc4n3)cc2)nc1N(C(=O)C1CCC(C)CC1)C(C)C. The molecule has 1 aliphatic rings. The lowest BCUT2D eigenvalue weighted by molar-refractivity contribution is -0.124. The van der Waals surface area contributed by atoms with Crippen LogP contribution in [0.2, 0.25) is 0 Å². The number of benzene rings is 1. The van der Waals surface area contributed by atoms with Crippen LogP contribution in [-0.2, 0) is 9.53 Å². The van der Waals surface area contributed by atoms with Crippen LogP contribution in [0.4, 0.5) is 5.82 Å². The number of carbonyl (C=O) groups excluding carboxylic acids is 2. The van der Waals surface area contributed by atoms with Crippen molar-refractivity contribution in [3.05, 3.63) is 53.8 Å². The molecule has 0 N–H and O–H groups in total. The van der Waals surface area contributed by atoms with Crippen LogP contribution in [-0.4, -0.2) is 43.7 Å². The van der Waals surface area contributed by atoms with Gasteiger partial charge in [-0.25, -0.2) is 14.5 Å². The van der Waals surface area contributed by atoms with Gasteiger partial charge in [-0.05, 0) is 64.5 Å². The second-order valence-corrected chi connectivity index (χ2v) is 10.9. The highest BCUT2D eigenvalue weighted by Gasteiger charge is 2.34. The lowest BCUT2D eigenvalue weighted by Crippen LogP contribution is -2.43. The molecule has 3 heterocycles. The molecule has 0 atom stereocenters. The molecule has 1 saturated carbocycles. The van der Waals surface area contributed by atoms with Crippen molar-refractivity contribution < 1.29 is 14.3 Å². The summed E-state index contributed by atoms with van der Waals surface area (Å²) in [7, 11) is 0. The number of thiazole rings is 1. The molecule has 3 aromatic heterocycles. The van der Waals surface area contributed by atoms with Gasteiger partial charge in [0.15, 0.2) is 10.8 Å². The zero-order chi connectivity index (χ0) is 26.1. The third-order valence-corrected chi connectivity index (χ3v) is 7.83. The molecule has 0 saturated heterocycles. The Morgan fingerprint density at radius 1 is 1.14 bits per heavy atom. The molecule has 0 spiro atoms. The number of esters is 1. The predicted octanol–water partition coefficient (Wildman–Crippen LogP) is 5.99. The number of hydrogen-bond donors (Lipinski definition) is 0. The van der Waals surface area contributed by atoms with Gasteiger partial charge in [0.25, 0.3) is 0 Å². The fourth-order valence-electron chi connectivity index (χ4n) is 4.99. The van der Waals surface area contributed by atoms with Crippen molar-refractivity contribution in [3.63, 3.8) is 0 Å². The summed E-state index contributed by atoms with van der Waals surface area (Å²) in [4.78, 5) is 34.0. The van der Waals surface area contributed by atoms with E-state index in [1.165, 1.54) is 0 Å². The minimum atomic E-state index is -0.478. The van der Waals surface area contributed by atoms with Crippen molar-refractivity contribution in [1.29, 1.82) is 0 Å². The number of anilines is 1. The summed E-state index contributed by atoms with van der Waals surface area (Å²) in [6, 6.07) is 7.71. The number of fused-ring (bicyclic) bond motifs is 1. The first-order valence-electron chi connectivity index (χ1n) is 13.0. The Hall–Kier alpha value is -3.46. The molecule has 5 rings (SSSR count). The summed E-state index contributed by atoms with van der Waals surface area (Å²) < 4.78 is 9.00. The highest BCUT2D eigenvalue weighted by molar-refractivity contribution is 7.15. The van der Waals surface area contributed by atoms with E-state index in [2.05, 4.69) is 11.9 Å². The second-order valence-electron chi connectivity index (χ2n) is 10.1. The fraction of sp³-hybridized carbons (Fsp3) is 0.429. The van der Waals surface area contributed by atoms with E-state index in [0.717, 1.165) is 47.6 Å². The Bertz CT molecular complexity index is 1360. The maximum Gasteiger partial charge on any atom is 0.343 e. The quantitative estimate of drug-likeness (QED) is 0.280. The van der Waals surface area contributed by atoms with Crippen LogP contribution in [0.5, 0.6) is 0 Å². The lowest BCUT2D eigenvalue weighted by Gasteiger charge is -2.32. The first-order chi connectivity index (χ1) is 17.9. The van der Waals surface area contributed by atoms with E-state index < -0.39 is 5.97 Å². The second kappa shape index (κ2) is 10.5. The average molecular weight is 520 g/mol. The zero-order valence-electron chi connectivity index (χ0n) is 21.8. The molecule has 9 heteroatoms. The molecule has 194 valence electrons. The van der Waals surface area contributed by atoms with Gasteiger partial charge < -0.3 is 4.74 Å². The van der Waals surface area contributed by atoms with E-state index in [4.69, 9.17) is 9.84 Å². The van der Waals surface area contributed by atoms with Crippen LogP contribution < -0.4 is 4.90 Å². The molecule has 0 unspecified atom stereocenters. The van der Waals surface area contributed by atoms with Crippen LogP contribution in [0.1, 0.15) is 63.7 Å². The summed E-state index contributed by atoms with van der Waals surface area (Å²) in [5, 5.41) is 6.77. The van der Waals surface area contributed by atoms with Crippen LogP contribution >= 0.6 is 11.3 Å². The van der Waals surface area contributed by atoms with Gasteiger partial charge in [0.1, 0.15) is 5.56 Å². The number of aromatic nitrogens is 4. The van der Waals surface area contributed by atoms with Crippen molar-refractivity contribution >= 4 is 34.0 Å². The predicted molar refractivity (Wildman–Crippen MR) is 145 cm³/mol. The van der Waals surface area contributed by atoms with Gasteiger partial charge >= 0.3 is 5.97 Å². The van der Waals surface area contributed by atoms with Crippen molar-refractivity contribution in [2.45, 2.75) is 59.4 Å². The van der Waals surface area contributed by atoms with Gasteiger partial charge in [-0.3, -0.25) is 14.1 Å². The third kappa shape index (κ3) is 5.05. The van der Waals surface area contributed by atoms with E-state index in [0.29, 0.717) is 17.3 Å². The van der Waals surface area contributed by atoms with Crippen LogP contribution in [0.15, 0.2) is 48.2 Å². The van der Waals surface area contributed by atoms with Gasteiger partial charge in [-0.1, -0.05) is 19.1 Å². The smallest absolute Gasteiger partial charge is 0.343 e. The summed E-state index contributed by atoms with van der Waals surface area (Å²) in [6.45, 7) is 8.18. The van der Waals surface area contributed by atoms with E-state index in [1.807, 2.05) is 60.3 Å². The highest BCUT2D eigenvalue weighted by Crippen LogP contribution is 2.33. The van der Waals surface area contributed by atoms with Crippen LogP contribution in [0.3, 0.4) is 0 Å². The Kier molecular flexibility index (Phi) is 7.15. The fourth-order valence-corrected chi connectivity index (χ4v) is 5.69. The van der Waals surface area contributed by atoms with Gasteiger partial charge in [-0.15, -0.1) is 16.4 Å². The van der Waals surface area contributed by atoms with E-state index in [-0.39, 0.29) is 24.5 Å². The maximum absolute atomic E-state index is 13.7. The highest BCUT2D eigenvalue weighted by atomic mass is 32.1. The number of rotatable bonds is 7. The molecule has 0 radical (unpaired) electrons. The Morgan fingerprint density at radius 3 is 2.51 bits per heavy atom. The molecule has 1 amide bonds. The first-order valence-corrected chi connectivity index (χ1v) is 13.9. The number of hydrogen-bond acceptors (Lipinski definition) is 6. The van der Waals surface area contributed by atoms with Crippen LogP contribution in [0, 0.1) is 11.8 Å². The number of nitrogens with zero attached hydrogens (tertiary/aromatic N) is 5. The lowest BCUT2D eigenvalue weighted by atomic mass is 9.82. The van der Waals surface area contributed by atoms with Crippen molar-refractivity contribution in [3.8, 4) is 16.9 Å². The van der Waals surface area contributed by atoms with Crippen molar-refractivity contribution in [2.75, 3.05) is 11.5 Å². The molecule has 8 nitrogen and oxygen atoms in total. The maximum atomic E-state index is 13.7. The number of amides is 1. The average Bonchev–Trinajstić information content (AvgIpc) is 3.60. The standard InChI is InChI=1S/C28H33N5O3S/c1-5-36-27(35)23-16-32(22-12-10-20(11-13-22)24-17-31-14-15-37-28(31)29-24)30-25(23)33(18(2)3)26(34)21-8-6-19(4)7-9-21/h10-19,21H,5-9H2,1-4H3. The van der Waals surface area contributed by atoms with E-state index in [1.54, 1.807) is 34.0 Å². The van der Waals surface area contributed by atoms with Crippen LogP contribution in [0.25, 0.3) is 21.9 Å². The van der Waals surface area contributed by atoms with Gasteiger partial charge in [0, 0.05) is 41.5 Å². The molecule has 1 aliphatic carbocycles. The molecule has 0 bridgehead atoms. The molecular formula is C28H33N5O3S. The molecule has 4 aromatic rings. The Labute approximate surface area is 220 Å². The van der Waals surface area contributed by atoms with Crippen molar-refractivity contribution in [1.82, 2.24) is 19.2 Å². The third-order valence-electron chi connectivity index (χ3n) is 7.06. The van der Waals surface area contributed by atoms with Gasteiger partial charge in [0.05, 0.1) is 18.0 Å². The van der Waals surface area contributed by atoms with Crippen molar-refractivity contribution in [2.24, 2.45) is 11.8 Å². The minimum Gasteiger partial charge on any atom is -0.462 e. The largest absolute Gasteiger partial charge is 0.462 e. The Morgan fingerprint density at radius 2 is 1.86 bits per heavy atom. The topological polar surface area (TPSA) is 81.7 Å². The number of carbonyl (C=O) groups is 2. The molecule has 1 fully saturated rings. The number of ether oxygens (including phenoxy) is 1. The monoisotopic (exact) mass is 519 g/mol. The number of imidazole rings is 1. The molecular weight excluding hydrogens is 486 g/mol. The zero-order valence-corrected chi connectivity index (χ0v) is 22.6. The molecule has 1 aromatic carbocycles. The summed E-state index contributed by atoms with van der Waals surface area (Å²) >= 11 is 1.59. The van der Waals surface area contributed by atoms with Gasteiger partial charge in [-0.2, -0.15) is 0 Å². The molecule has 37 heavy (non-hydrogen) atoms. The Balaban J connectivity index is 1.48. The van der Waals surface area contributed by atoms with E-state index in [9.17, 15) is 9.59 Å².